The van der Waals surface area contributed by atoms with Crippen LogP contribution in [-0.4, -0.2) is 66.2 Å². The Morgan fingerprint density at radius 1 is 1.00 bits per heavy atom. The molecule has 1 fully saturated rings. The normalized spacial score (nSPS) is 18.2. The maximum Gasteiger partial charge on any atom is 0.317 e. The summed E-state index contributed by atoms with van der Waals surface area (Å²) in [5.41, 5.74) is 3.69. The van der Waals surface area contributed by atoms with Gasteiger partial charge in [-0.3, -0.25) is 4.90 Å². The van der Waals surface area contributed by atoms with Crippen molar-refractivity contribution in [1.82, 2.24) is 15.1 Å². The molecule has 6 heteroatoms. The fourth-order valence-electron chi connectivity index (χ4n) is 4.25. The lowest BCUT2D eigenvalue weighted by Crippen LogP contribution is -2.53. The van der Waals surface area contributed by atoms with Crippen LogP contribution < -0.4 is 10.2 Å². The lowest BCUT2D eigenvalue weighted by molar-refractivity contribution is 0.171. The average Bonchev–Trinajstić information content (AvgIpc) is 2.77. The highest BCUT2D eigenvalue weighted by Crippen LogP contribution is 2.27. The van der Waals surface area contributed by atoms with Gasteiger partial charge in [-0.25, -0.2) is 4.79 Å². The third-order valence-electron chi connectivity index (χ3n) is 6.12. The first-order valence-electron chi connectivity index (χ1n) is 10.5. The summed E-state index contributed by atoms with van der Waals surface area (Å²) in [6.45, 7) is 7.59. The molecule has 0 saturated carbocycles. The number of hydrogen-bond donors (Lipinski definition) is 2. The van der Waals surface area contributed by atoms with E-state index in [1.807, 2.05) is 23.1 Å². The predicted octanol–water partition coefficient (Wildman–Crippen LogP) is 2.67. The summed E-state index contributed by atoms with van der Waals surface area (Å²) < 4.78 is 0. The molecule has 1 saturated heterocycles. The molecule has 2 aromatic carbocycles. The average molecular weight is 395 g/mol. The van der Waals surface area contributed by atoms with Gasteiger partial charge in [0.15, 0.2) is 0 Å². The van der Waals surface area contributed by atoms with E-state index < -0.39 is 0 Å². The van der Waals surface area contributed by atoms with Crippen LogP contribution in [0.1, 0.15) is 18.1 Å². The minimum Gasteiger partial charge on any atom is -0.506 e. The van der Waals surface area contributed by atoms with E-state index in [1.54, 1.807) is 6.07 Å². The van der Waals surface area contributed by atoms with Crippen LogP contribution in [0.5, 0.6) is 5.75 Å². The molecule has 4 rings (SSSR count). The van der Waals surface area contributed by atoms with Crippen LogP contribution in [-0.2, 0) is 13.0 Å². The monoisotopic (exact) mass is 394 g/mol. The number of amides is 2. The second-order valence-electron chi connectivity index (χ2n) is 7.99. The number of para-hydroxylation sites is 2. The molecule has 2 heterocycles. The largest absolute Gasteiger partial charge is 0.506 e. The van der Waals surface area contributed by atoms with Crippen LogP contribution in [0.4, 0.5) is 10.5 Å². The minimum absolute atomic E-state index is 0.00573. The summed E-state index contributed by atoms with van der Waals surface area (Å²) in [4.78, 5) is 19.1. The Hall–Kier alpha value is -2.73. The van der Waals surface area contributed by atoms with Crippen LogP contribution >= 0.6 is 0 Å². The van der Waals surface area contributed by atoms with Crippen LogP contribution in [0.2, 0.25) is 0 Å². The first kappa shape index (κ1) is 19.6. The Bertz CT molecular complexity index is 848. The highest BCUT2D eigenvalue weighted by atomic mass is 16.3. The molecule has 0 bridgehead atoms. The van der Waals surface area contributed by atoms with Crippen LogP contribution in [0.25, 0.3) is 0 Å². The van der Waals surface area contributed by atoms with Gasteiger partial charge in [-0.15, -0.1) is 0 Å². The van der Waals surface area contributed by atoms with Gasteiger partial charge < -0.3 is 20.2 Å². The van der Waals surface area contributed by atoms with Crippen molar-refractivity contribution in [3.05, 3.63) is 59.7 Å². The van der Waals surface area contributed by atoms with Crippen molar-refractivity contribution in [3.8, 4) is 5.75 Å². The zero-order valence-corrected chi connectivity index (χ0v) is 17.1. The van der Waals surface area contributed by atoms with Gasteiger partial charge in [-0.1, -0.05) is 36.4 Å². The number of nitrogens with one attached hydrogen (secondary N) is 1. The zero-order valence-electron chi connectivity index (χ0n) is 17.1. The van der Waals surface area contributed by atoms with E-state index in [-0.39, 0.29) is 6.03 Å². The van der Waals surface area contributed by atoms with Crippen LogP contribution in [0.15, 0.2) is 48.5 Å². The molecule has 2 aromatic rings. The van der Waals surface area contributed by atoms with Gasteiger partial charge in [0.05, 0.1) is 5.69 Å². The number of nitrogens with zero attached hydrogens (tertiary/aromatic N) is 3. The number of carbonyl (C=O) groups excluding carboxylic acids is 1. The number of benzene rings is 2. The van der Waals surface area contributed by atoms with Crippen molar-refractivity contribution in [3.63, 3.8) is 0 Å². The summed E-state index contributed by atoms with van der Waals surface area (Å²) in [7, 11) is 0. The Labute approximate surface area is 172 Å². The molecule has 6 nitrogen and oxygen atoms in total. The molecule has 2 N–H and O–H groups in total. The third kappa shape index (κ3) is 4.48. The quantitative estimate of drug-likeness (QED) is 0.837. The lowest BCUT2D eigenvalue weighted by atomic mass is 9.99. The fraction of sp³-hybridized carbons (Fsp3) is 0.435. The highest BCUT2D eigenvalue weighted by Gasteiger charge is 2.24. The smallest absolute Gasteiger partial charge is 0.317 e. The number of carbonyl (C=O) groups is 1. The number of piperazine rings is 1. The SMILES string of the molecule is CC(CNC(=O)N1CCN(c2ccccc2O)CC1)N1CCc2ccccc2C1. The van der Waals surface area contributed by atoms with Gasteiger partial charge in [0, 0.05) is 51.9 Å². The van der Waals surface area contributed by atoms with E-state index in [4.69, 9.17) is 0 Å². The second kappa shape index (κ2) is 8.74. The molecular formula is C23H30N4O2. The highest BCUT2D eigenvalue weighted by molar-refractivity contribution is 5.74. The molecule has 2 aliphatic rings. The van der Waals surface area contributed by atoms with E-state index in [0.717, 1.165) is 38.3 Å². The van der Waals surface area contributed by atoms with Gasteiger partial charge in [-0.05, 0) is 36.6 Å². The van der Waals surface area contributed by atoms with E-state index in [0.29, 0.717) is 31.4 Å². The van der Waals surface area contributed by atoms with Gasteiger partial charge in [0.25, 0.3) is 0 Å². The van der Waals surface area contributed by atoms with Gasteiger partial charge >= 0.3 is 6.03 Å². The van der Waals surface area contributed by atoms with Crippen molar-refractivity contribution >= 4 is 11.7 Å². The number of urea groups is 1. The van der Waals surface area contributed by atoms with Crippen LogP contribution in [0, 0.1) is 0 Å². The summed E-state index contributed by atoms with van der Waals surface area (Å²) in [5, 5.41) is 13.1. The molecule has 2 aliphatic heterocycles. The number of rotatable bonds is 4. The molecule has 0 aromatic heterocycles. The first-order chi connectivity index (χ1) is 14.1. The second-order valence-corrected chi connectivity index (χ2v) is 7.99. The molecule has 1 unspecified atom stereocenters. The summed E-state index contributed by atoms with van der Waals surface area (Å²) in [6.07, 6.45) is 1.07. The van der Waals surface area contributed by atoms with Gasteiger partial charge in [0.1, 0.15) is 5.75 Å². The topological polar surface area (TPSA) is 59.1 Å². The Morgan fingerprint density at radius 2 is 1.69 bits per heavy atom. The van der Waals surface area contributed by atoms with E-state index in [1.165, 1.54) is 11.1 Å². The first-order valence-corrected chi connectivity index (χ1v) is 10.5. The van der Waals surface area contributed by atoms with Crippen molar-refractivity contribution in [2.75, 3.05) is 44.2 Å². The van der Waals surface area contributed by atoms with Crippen LogP contribution in [0.3, 0.4) is 0 Å². The Kier molecular flexibility index (Phi) is 5.90. The molecule has 2 amide bonds. The molecule has 29 heavy (non-hydrogen) atoms. The number of aromatic hydroxyl groups is 1. The molecule has 154 valence electrons. The number of hydrogen-bond acceptors (Lipinski definition) is 4. The standard InChI is InChI=1S/C23H30N4O2/c1-18(27-11-10-19-6-2-3-7-20(19)17-27)16-24-23(29)26-14-12-25(13-15-26)21-8-4-5-9-22(21)28/h2-9,18,28H,10-17H2,1H3,(H,24,29). The third-order valence-corrected chi connectivity index (χ3v) is 6.12. The maximum atomic E-state index is 12.6. The molecule has 0 aliphatic carbocycles. The Balaban J connectivity index is 1.24. The van der Waals surface area contributed by atoms with Crippen molar-refractivity contribution in [2.45, 2.75) is 25.9 Å². The van der Waals surface area contributed by atoms with E-state index >= 15 is 0 Å². The van der Waals surface area contributed by atoms with E-state index in [2.05, 4.69) is 46.3 Å². The van der Waals surface area contributed by atoms with Gasteiger partial charge in [-0.2, -0.15) is 0 Å². The number of phenolic OH excluding ortho intramolecular Hbond substituents is 1. The molecule has 1 atom stereocenters. The number of phenols is 1. The van der Waals surface area contributed by atoms with Crippen molar-refractivity contribution < 1.29 is 9.90 Å². The minimum atomic E-state index is 0.00573. The molecular weight excluding hydrogens is 364 g/mol. The Morgan fingerprint density at radius 3 is 2.45 bits per heavy atom. The fourth-order valence-corrected chi connectivity index (χ4v) is 4.25. The summed E-state index contributed by atoms with van der Waals surface area (Å²) in [6, 6.07) is 16.3. The summed E-state index contributed by atoms with van der Waals surface area (Å²) in [5.74, 6) is 0.294. The maximum absolute atomic E-state index is 12.6. The predicted molar refractivity (Wildman–Crippen MR) is 115 cm³/mol. The zero-order chi connectivity index (χ0) is 20.2. The van der Waals surface area contributed by atoms with Crippen molar-refractivity contribution in [1.29, 1.82) is 0 Å². The number of anilines is 1. The number of fused-ring (bicyclic) bond motifs is 1. The van der Waals surface area contributed by atoms with E-state index in [9.17, 15) is 9.90 Å². The lowest BCUT2D eigenvalue weighted by Gasteiger charge is -2.37. The molecule has 0 spiro atoms. The van der Waals surface area contributed by atoms with Crippen molar-refractivity contribution in [2.24, 2.45) is 0 Å². The van der Waals surface area contributed by atoms with Gasteiger partial charge in [0.2, 0.25) is 0 Å². The molecule has 0 radical (unpaired) electrons. The summed E-state index contributed by atoms with van der Waals surface area (Å²) >= 11 is 0.